The van der Waals surface area contributed by atoms with Crippen molar-refractivity contribution >= 4 is 38.7 Å². The first kappa shape index (κ1) is 17.9. The number of allylic oxidation sites excluding steroid dienone is 2. The van der Waals surface area contributed by atoms with Crippen LogP contribution in [0.3, 0.4) is 0 Å². The van der Waals surface area contributed by atoms with E-state index < -0.39 is 0 Å². The molecular formula is C24H18BrN3O. The van der Waals surface area contributed by atoms with Crippen molar-refractivity contribution in [1.82, 2.24) is 9.55 Å². The molecule has 1 aliphatic heterocycles. The standard InChI is InChI=1S/C24H18BrN3O/c1-15-21(23(29)17-7-3-2-4-8-17)22(16-11-13-18(25)14-12-16)28-20-10-6-5-9-19(20)27-24(28)26-15/h2-14,22H,1H3,(H,26,27)/t22-/m0/s1. The van der Waals surface area contributed by atoms with Gasteiger partial charge in [0.1, 0.15) is 0 Å². The van der Waals surface area contributed by atoms with Crippen LogP contribution in [0.4, 0.5) is 5.95 Å². The number of nitrogens with one attached hydrogen (secondary N) is 1. The predicted molar refractivity (Wildman–Crippen MR) is 119 cm³/mol. The summed E-state index contributed by atoms with van der Waals surface area (Å²) in [6.07, 6.45) is 0. The van der Waals surface area contributed by atoms with E-state index in [4.69, 9.17) is 4.98 Å². The fourth-order valence-corrected chi connectivity index (χ4v) is 4.23. The van der Waals surface area contributed by atoms with Gasteiger partial charge in [-0.3, -0.25) is 9.36 Å². The highest BCUT2D eigenvalue weighted by atomic mass is 79.9. The lowest BCUT2D eigenvalue weighted by atomic mass is 9.89. The Hall–Kier alpha value is -3.18. The van der Waals surface area contributed by atoms with Gasteiger partial charge in [-0.2, -0.15) is 0 Å². The summed E-state index contributed by atoms with van der Waals surface area (Å²) in [6, 6.07) is 25.3. The number of hydrogen-bond acceptors (Lipinski definition) is 3. The van der Waals surface area contributed by atoms with Gasteiger partial charge in [0.05, 0.1) is 17.1 Å². The Kier molecular flexibility index (Phi) is 4.32. The van der Waals surface area contributed by atoms with Crippen molar-refractivity contribution in [3.8, 4) is 0 Å². The van der Waals surface area contributed by atoms with Gasteiger partial charge in [-0.1, -0.05) is 70.5 Å². The maximum Gasteiger partial charge on any atom is 0.209 e. The Labute approximate surface area is 177 Å². The molecule has 0 aliphatic carbocycles. The second-order valence-electron chi connectivity index (χ2n) is 7.11. The zero-order valence-corrected chi connectivity index (χ0v) is 17.3. The molecule has 0 fully saturated rings. The molecule has 0 spiro atoms. The highest BCUT2D eigenvalue weighted by molar-refractivity contribution is 9.10. The van der Waals surface area contributed by atoms with E-state index in [9.17, 15) is 4.79 Å². The summed E-state index contributed by atoms with van der Waals surface area (Å²) in [4.78, 5) is 18.3. The number of rotatable bonds is 3. The molecule has 0 saturated carbocycles. The van der Waals surface area contributed by atoms with E-state index in [2.05, 4.69) is 37.9 Å². The fraction of sp³-hybridized carbons (Fsp3) is 0.0833. The van der Waals surface area contributed by atoms with Crippen LogP contribution < -0.4 is 5.32 Å². The number of carbonyl (C=O) groups is 1. The molecule has 5 heteroatoms. The molecule has 3 aromatic carbocycles. The lowest BCUT2D eigenvalue weighted by Gasteiger charge is -2.30. The Bertz CT molecular complexity index is 1260. The minimum Gasteiger partial charge on any atom is -0.329 e. The van der Waals surface area contributed by atoms with Crippen LogP contribution in [-0.2, 0) is 0 Å². The first-order chi connectivity index (χ1) is 14.1. The van der Waals surface area contributed by atoms with E-state index in [0.717, 1.165) is 38.3 Å². The molecule has 5 rings (SSSR count). The second kappa shape index (κ2) is 7.01. The molecule has 2 heterocycles. The van der Waals surface area contributed by atoms with E-state index in [1.807, 2.05) is 73.7 Å². The SMILES string of the molecule is CC1=C(C(=O)c2ccccc2)[C@H](c2ccc(Br)cc2)n2c(nc3ccccc32)N1. The maximum absolute atomic E-state index is 13.6. The van der Waals surface area contributed by atoms with E-state index in [1.54, 1.807) is 0 Å². The van der Waals surface area contributed by atoms with E-state index >= 15 is 0 Å². The van der Waals surface area contributed by atoms with Crippen molar-refractivity contribution < 1.29 is 4.79 Å². The molecule has 142 valence electrons. The third-order valence-corrected chi connectivity index (χ3v) is 5.83. The molecular weight excluding hydrogens is 426 g/mol. The quantitative estimate of drug-likeness (QED) is 0.396. The fourth-order valence-electron chi connectivity index (χ4n) is 3.96. The van der Waals surface area contributed by atoms with Gasteiger partial charge < -0.3 is 5.32 Å². The molecule has 4 nitrogen and oxygen atoms in total. The van der Waals surface area contributed by atoms with Gasteiger partial charge in [0.2, 0.25) is 5.95 Å². The number of benzene rings is 3. The second-order valence-corrected chi connectivity index (χ2v) is 8.02. The largest absolute Gasteiger partial charge is 0.329 e. The number of anilines is 1. The minimum absolute atomic E-state index is 0.0203. The van der Waals surface area contributed by atoms with Crippen LogP contribution in [0.2, 0.25) is 0 Å². The topological polar surface area (TPSA) is 46.9 Å². The van der Waals surface area contributed by atoms with Crippen molar-refractivity contribution in [1.29, 1.82) is 0 Å². The molecule has 0 unspecified atom stereocenters. The van der Waals surface area contributed by atoms with Gasteiger partial charge in [-0.05, 0) is 36.8 Å². The van der Waals surface area contributed by atoms with Crippen molar-refractivity contribution in [2.24, 2.45) is 0 Å². The van der Waals surface area contributed by atoms with Crippen molar-refractivity contribution in [2.45, 2.75) is 13.0 Å². The summed E-state index contributed by atoms with van der Waals surface area (Å²) in [6.45, 7) is 1.95. The maximum atomic E-state index is 13.6. The summed E-state index contributed by atoms with van der Waals surface area (Å²) in [5, 5.41) is 3.36. The number of Topliss-reactive ketones (excluding diaryl/α,β-unsaturated/α-hetero) is 1. The number of ketones is 1. The average molecular weight is 444 g/mol. The third kappa shape index (κ3) is 2.98. The van der Waals surface area contributed by atoms with Gasteiger partial charge in [0, 0.05) is 21.3 Å². The minimum atomic E-state index is -0.264. The van der Waals surface area contributed by atoms with E-state index in [1.165, 1.54) is 0 Å². The van der Waals surface area contributed by atoms with Crippen LogP contribution in [0.5, 0.6) is 0 Å². The number of para-hydroxylation sites is 2. The van der Waals surface area contributed by atoms with Crippen molar-refractivity contribution in [2.75, 3.05) is 5.32 Å². The van der Waals surface area contributed by atoms with E-state index in [-0.39, 0.29) is 11.8 Å². The zero-order valence-electron chi connectivity index (χ0n) is 15.8. The molecule has 0 radical (unpaired) electrons. The molecule has 0 amide bonds. The smallest absolute Gasteiger partial charge is 0.209 e. The molecule has 0 saturated heterocycles. The molecule has 1 N–H and O–H groups in total. The number of aromatic nitrogens is 2. The molecule has 4 aromatic rings. The number of halogens is 1. The Morgan fingerprint density at radius 2 is 1.66 bits per heavy atom. The zero-order chi connectivity index (χ0) is 20.0. The molecule has 0 bridgehead atoms. The van der Waals surface area contributed by atoms with Crippen LogP contribution >= 0.6 is 15.9 Å². The first-order valence-corrected chi connectivity index (χ1v) is 10.2. The van der Waals surface area contributed by atoms with Crippen LogP contribution in [0.15, 0.2) is 94.6 Å². The van der Waals surface area contributed by atoms with Gasteiger partial charge in [-0.25, -0.2) is 4.98 Å². The number of imidazole rings is 1. The summed E-state index contributed by atoms with van der Waals surface area (Å²) >= 11 is 3.52. The Morgan fingerprint density at radius 1 is 0.966 bits per heavy atom. The third-order valence-electron chi connectivity index (χ3n) is 5.30. The Balaban J connectivity index is 1.76. The molecule has 1 aliphatic rings. The van der Waals surface area contributed by atoms with Crippen molar-refractivity contribution in [3.63, 3.8) is 0 Å². The van der Waals surface area contributed by atoms with Crippen LogP contribution in [0, 0.1) is 0 Å². The number of carbonyl (C=O) groups excluding carboxylic acids is 1. The van der Waals surface area contributed by atoms with Crippen molar-refractivity contribution in [3.05, 3.63) is 106 Å². The number of fused-ring (bicyclic) bond motifs is 3. The van der Waals surface area contributed by atoms with Gasteiger partial charge in [0.15, 0.2) is 5.78 Å². The lowest BCUT2D eigenvalue weighted by Crippen LogP contribution is -2.28. The molecule has 1 atom stereocenters. The normalized spacial score (nSPS) is 15.9. The van der Waals surface area contributed by atoms with Crippen LogP contribution in [0.1, 0.15) is 28.9 Å². The number of hydrogen-bond donors (Lipinski definition) is 1. The van der Waals surface area contributed by atoms with Crippen LogP contribution in [0.25, 0.3) is 11.0 Å². The number of nitrogens with zero attached hydrogens (tertiary/aromatic N) is 2. The monoisotopic (exact) mass is 443 g/mol. The first-order valence-electron chi connectivity index (χ1n) is 9.43. The van der Waals surface area contributed by atoms with Gasteiger partial charge in [-0.15, -0.1) is 0 Å². The molecule has 29 heavy (non-hydrogen) atoms. The molecule has 1 aromatic heterocycles. The van der Waals surface area contributed by atoms with Gasteiger partial charge in [0.25, 0.3) is 0 Å². The lowest BCUT2D eigenvalue weighted by molar-refractivity contribution is 0.102. The summed E-state index contributed by atoms with van der Waals surface area (Å²) in [5.74, 6) is 0.771. The Morgan fingerprint density at radius 3 is 2.41 bits per heavy atom. The highest BCUT2D eigenvalue weighted by Crippen LogP contribution is 2.40. The van der Waals surface area contributed by atoms with Crippen LogP contribution in [-0.4, -0.2) is 15.3 Å². The summed E-state index contributed by atoms with van der Waals surface area (Å²) in [7, 11) is 0. The summed E-state index contributed by atoms with van der Waals surface area (Å²) in [5.41, 5.74) is 5.17. The average Bonchev–Trinajstić information content (AvgIpc) is 3.11. The summed E-state index contributed by atoms with van der Waals surface area (Å²) < 4.78 is 3.13. The van der Waals surface area contributed by atoms with Gasteiger partial charge >= 0.3 is 0 Å². The highest BCUT2D eigenvalue weighted by Gasteiger charge is 2.34. The predicted octanol–water partition coefficient (Wildman–Crippen LogP) is 5.97. The van der Waals surface area contributed by atoms with E-state index in [0.29, 0.717) is 5.56 Å².